The molecular weight excluding hydrogens is 156 g/mol. The second-order valence-corrected chi connectivity index (χ2v) is 3.99. The van der Waals surface area contributed by atoms with Crippen LogP contribution in [0.25, 0.3) is 0 Å². The first-order chi connectivity index (χ1) is 5.31. The summed E-state index contributed by atoms with van der Waals surface area (Å²) in [5, 5.41) is 8.84. The Morgan fingerprint density at radius 3 is 1.92 bits per heavy atom. The number of ether oxygens (including phenoxy) is 1. The summed E-state index contributed by atoms with van der Waals surface area (Å²) in [6.07, 6.45) is 0.844. The van der Waals surface area contributed by atoms with Crippen molar-refractivity contribution < 1.29 is 14.6 Å². The number of aliphatic hydroxyl groups is 1. The zero-order valence-corrected chi connectivity index (χ0v) is 7.84. The van der Waals surface area contributed by atoms with Crippen LogP contribution in [0, 0.1) is 0 Å². The van der Waals surface area contributed by atoms with Crippen molar-refractivity contribution in [1.29, 1.82) is 0 Å². The molecule has 0 aromatic carbocycles. The highest BCUT2D eigenvalue weighted by Gasteiger charge is 2.49. The molecule has 0 spiro atoms. The van der Waals surface area contributed by atoms with Crippen molar-refractivity contribution in [3.63, 3.8) is 0 Å². The van der Waals surface area contributed by atoms with Gasteiger partial charge in [-0.1, -0.05) is 0 Å². The lowest BCUT2D eigenvalue weighted by atomic mass is 9.94. The topological polar surface area (TPSA) is 46.5 Å². The summed E-state index contributed by atoms with van der Waals surface area (Å²) in [6, 6.07) is 0. The molecule has 3 heteroatoms. The Kier molecular flexibility index (Phi) is 1.80. The van der Waals surface area contributed by atoms with Gasteiger partial charge < -0.3 is 9.84 Å². The van der Waals surface area contributed by atoms with Crippen molar-refractivity contribution in [1.82, 2.24) is 0 Å². The van der Waals surface area contributed by atoms with Crippen molar-refractivity contribution in [2.45, 2.75) is 38.9 Å². The molecule has 0 amide bonds. The van der Waals surface area contributed by atoms with Crippen molar-refractivity contribution in [2.75, 3.05) is 0 Å². The Labute approximate surface area is 72.0 Å². The summed E-state index contributed by atoms with van der Waals surface area (Å²) in [5.41, 5.74) is -1.14. The fourth-order valence-electron chi connectivity index (χ4n) is 1.55. The molecule has 1 aliphatic heterocycles. The second kappa shape index (κ2) is 2.33. The number of ketones is 1. The van der Waals surface area contributed by atoms with Gasteiger partial charge >= 0.3 is 0 Å². The molecule has 1 rings (SSSR count). The van der Waals surface area contributed by atoms with Crippen molar-refractivity contribution >= 4 is 5.78 Å². The number of rotatable bonds is 0. The van der Waals surface area contributed by atoms with Crippen LogP contribution in [0.5, 0.6) is 0 Å². The maximum Gasteiger partial charge on any atom is 0.196 e. The highest BCUT2D eigenvalue weighted by molar-refractivity contribution is 6.04. The van der Waals surface area contributed by atoms with Crippen LogP contribution >= 0.6 is 0 Å². The average molecular weight is 170 g/mol. The number of aliphatic hydroxyl groups excluding tert-OH is 1. The minimum absolute atomic E-state index is 0.144. The highest BCUT2D eigenvalue weighted by Crippen LogP contribution is 2.37. The number of hydrogen-bond acceptors (Lipinski definition) is 3. The van der Waals surface area contributed by atoms with Gasteiger partial charge in [0.2, 0.25) is 0 Å². The molecule has 68 valence electrons. The third-order valence-corrected chi connectivity index (χ3v) is 2.08. The molecule has 0 saturated carbocycles. The number of hydrogen-bond donors (Lipinski definition) is 1. The Morgan fingerprint density at radius 1 is 1.25 bits per heavy atom. The van der Waals surface area contributed by atoms with E-state index in [4.69, 9.17) is 9.84 Å². The lowest BCUT2D eigenvalue weighted by molar-refractivity contribution is -0.132. The Hall–Kier alpha value is -0.830. The summed E-state index contributed by atoms with van der Waals surface area (Å²) in [5.74, 6) is -0.144. The van der Waals surface area contributed by atoms with Gasteiger partial charge in [0.05, 0.1) is 17.4 Å². The third-order valence-electron chi connectivity index (χ3n) is 2.08. The molecule has 0 unspecified atom stereocenters. The zero-order chi connectivity index (χ0) is 9.57. The molecule has 1 heterocycles. The Morgan fingerprint density at radius 2 is 1.75 bits per heavy atom. The highest BCUT2D eigenvalue weighted by atomic mass is 16.5. The van der Waals surface area contributed by atoms with E-state index >= 15 is 0 Å². The van der Waals surface area contributed by atoms with Gasteiger partial charge in [-0.2, -0.15) is 0 Å². The van der Waals surface area contributed by atoms with E-state index in [9.17, 15) is 4.79 Å². The first-order valence-electron chi connectivity index (χ1n) is 3.91. The van der Waals surface area contributed by atoms with Gasteiger partial charge in [0.1, 0.15) is 5.60 Å². The molecule has 1 aliphatic rings. The maximum absolute atomic E-state index is 11.5. The summed E-state index contributed by atoms with van der Waals surface area (Å²) >= 11 is 0. The molecule has 12 heavy (non-hydrogen) atoms. The van der Waals surface area contributed by atoms with E-state index in [1.165, 1.54) is 0 Å². The number of carbonyl (C=O) groups excluding carboxylic acids is 1. The lowest BCUT2D eigenvalue weighted by Gasteiger charge is -2.21. The second-order valence-electron chi connectivity index (χ2n) is 3.99. The van der Waals surface area contributed by atoms with Crippen LogP contribution in [0.2, 0.25) is 0 Å². The van der Waals surface area contributed by atoms with Crippen molar-refractivity contribution in [2.24, 2.45) is 0 Å². The third kappa shape index (κ3) is 1.14. The van der Waals surface area contributed by atoms with Gasteiger partial charge in [0.25, 0.3) is 0 Å². The minimum atomic E-state index is -0.807. The summed E-state index contributed by atoms with van der Waals surface area (Å²) < 4.78 is 5.47. The predicted octanol–water partition coefficient (Wildman–Crippen LogP) is 1.58. The smallest absolute Gasteiger partial charge is 0.196 e. The molecule has 3 nitrogen and oxygen atoms in total. The molecular formula is C9H14O3. The van der Waals surface area contributed by atoms with Crippen LogP contribution in [-0.2, 0) is 9.53 Å². The average Bonchev–Trinajstić information content (AvgIpc) is 1.98. The molecule has 1 N–H and O–H groups in total. The Balaban J connectivity index is 3.14. The van der Waals surface area contributed by atoms with E-state index in [0.717, 1.165) is 6.26 Å². The molecule has 0 aliphatic carbocycles. The van der Waals surface area contributed by atoms with Crippen LogP contribution in [0.3, 0.4) is 0 Å². The fraction of sp³-hybridized carbons (Fsp3) is 0.667. The predicted molar refractivity (Wildman–Crippen MR) is 45.0 cm³/mol. The van der Waals surface area contributed by atoms with E-state index in [0.29, 0.717) is 5.57 Å². The minimum Gasteiger partial charge on any atom is -0.515 e. The van der Waals surface area contributed by atoms with Gasteiger partial charge in [-0.25, -0.2) is 0 Å². The van der Waals surface area contributed by atoms with E-state index in [-0.39, 0.29) is 5.78 Å². The molecule has 1 saturated heterocycles. The molecule has 0 atom stereocenters. The SMILES string of the molecule is CC1(C)OC(C)(C)/C(=C\O)C1=O. The molecule has 0 aromatic rings. The van der Waals surface area contributed by atoms with Gasteiger partial charge in [-0.3, -0.25) is 4.79 Å². The first kappa shape index (κ1) is 9.26. The van der Waals surface area contributed by atoms with Crippen LogP contribution in [0.1, 0.15) is 27.7 Å². The summed E-state index contributed by atoms with van der Waals surface area (Å²) in [4.78, 5) is 11.5. The van der Waals surface area contributed by atoms with E-state index in [1.54, 1.807) is 27.7 Å². The molecule has 0 bridgehead atoms. The summed E-state index contributed by atoms with van der Waals surface area (Å²) in [7, 11) is 0. The number of carbonyl (C=O) groups is 1. The van der Waals surface area contributed by atoms with Crippen LogP contribution in [0.15, 0.2) is 11.8 Å². The Bertz CT molecular complexity index is 248. The molecule has 1 fully saturated rings. The molecule has 0 aromatic heterocycles. The zero-order valence-electron chi connectivity index (χ0n) is 7.84. The largest absolute Gasteiger partial charge is 0.515 e. The van der Waals surface area contributed by atoms with Crippen molar-refractivity contribution in [3.8, 4) is 0 Å². The van der Waals surface area contributed by atoms with Crippen LogP contribution in [0.4, 0.5) is 0 Å². The standard InChI is InChI=1S/C9H14O3/c1-8(2)6(5-10)7(11)9(3,4)12-8/h5,10H,1-4H3/b6-5-. The number of Topliss-reactive ketones (excluding diaryl/α,β-unsaturated/α-hetero) is 1. The van der Waals surface area contributed by atoms with Gasteiger partial charge in [-0.15, -0.1) is 0 Å². The van der Waals surface area contributed by atoms with Crippen molar-refractivity contribution in [3.05, 3.63) is 11.8 Å². The maximum atomic E-state index is 11.5. The van der Waals surface area contributed by atoms with Gasteiger partial charge in [-0.05, 0) is 27.7 Å². The van der Waals surface area contributed by atoms with Gasteiger partial charge in [0.15, 0.2) is 5.78 Å². The first-order valence-corrected chi connectivity index (χ1v) is 3.91. The van der Waals surface area contributed by atoms with Gasteiger partial charge in [0, 0.05) is 0 Å². The van der Waals surface area contributed by atoms with Crippen LogP contribution in [-0.4, -0.2) is 22.1 Å². The monoisotopic (exact) mass is 170 g/mol. The van der Waals surface area contributed by atoms with E-state index in [1.807, 2.05) is 0 Å². The lowest BCUT2D eigenvalue weighted by Crippen LogP contribution is -2.29. The fourth-order valence-corrected chi connectivity index (χ4v) is 1.55. The molecule has 0 radical (unpaired) electrons. The van der Waals surface area contributed by atoms with E-state index < -0.39 is 11.2 Å². The van der Waals surface area contributed by atoms with E-state index in [2.05, 4.69) is 0 Å². The normalized spacial score (nSPS) is 29.7. The quantitative estimate of drug-likeness (QED) is 0.443. The van der Waals surface area contributed by atoms with Crippen LogP contribution < -0.4 is 0 Å². The summed E-state index contributed by atoms with van der Waals surface area (Å²) in [6.45, 7) is 6.94.